The topological polar surface area (TPSA) is 98.7 Å². The zero-order valence-electron chi connectivity index (χ0n) is 22.1. The van der Waals surface area contributed by atoms with Crippen LogP contribution >= 0.6 is 58.0 Å². The number of carbonyl (C=O) groups excluding carboxylic acids is 2. The van der Waals surface area contributed by atoms with Gasteiger partial charge >= 0.3 is 6.09 Å². The second-order valence-corrected chi connectivity index (χ2v) is 13.7. The van der Waals surface area contributed by atoms with Crippen LogP contribution in [0.5, 0.6) is 0 Å². The zero-order valence-corrected chi connectivity index (χ0v) is 25.9. The molecule has 216 valence electrons. The Morgan fingerprint density at radius 1 is 0.878 bits per heavy atom. The van der Waals surface area contributed by atoms with Gasteiger partial charge in [0.2, 0.25) is 5.91 Å². The van der Waals surface area contributed by atoms with Gasteiger partial charge in [-0.25, -0.2) is 4.79 Å². The van der Waals surface area contributed by atoms with Crippen LogP contribution in [-0.4, -0.2) is 33.9 Å². The number of rotatable bonds is 7. The fourth-order valence-electron chi connectivity index (χ4n) is 4.49. The molecular weight excluding hydrogens is 632 g/mol. The van der Waals surface area contributed by atoms with Crippen LogP contribution in [0.2, 0.25) is 15.1 Å². The standard InChI is InChI=1S/C29H26Cl5N3O4/c1-28(2,3)14-37(27(40)41)20-7-4-18(5-8-20)35-25(38)21-13-19(6-9-22(21)32)36-26(39)24-23(29(24,33)34)15-10-16(30)12-17(31)11-15/h4-13,23-24H,14H2,1-3H3,(H,35,38)(H,36,39)(H,40,41)/t23-,24+/m0/s1. The van der Waals surface area contributed by atoms with Crippen molar-refractivity contribution in [3.8, 4) is 0 Å². The van der Waals surface area contributed by atoms with Crippen molar-refractivity contribution < 1.29 is 19.5 Å². The SMILES string of the molecule is CC(C)(C)CN(C(=O)O)c1ccc(NC(=O)c2cc(NC(=O)[C@H]3[C@H](c4cc(Cl)cc(Cl)c4)C3(Cl)Cl)ccc2Cl)cc1. The van der Waals surface area contributed by atoms with Crippen LogP contribution in [0.15, 0.2) is 60.7 Å². The van der Waals surface area contributed by atoms with Gasteiger partial charge in [0.05, 0.1) is 16.5 Å². The summed E-state index contributed by atoms with van der Waals surface area (Å²) in [5.74, 6) is -2.28. The normalized spacial score (nSPS) is 17.5. The quantitative estimate of drug-likeness (QED) is 0.221. The van der Waals surface area contributed by atoms with E-state index in [1.165, 1.54) is 17.0 Å². The molecule has 0 saturated heterocycles. The summed E-state index contributed by atoms with van der Waals surface area (Å²) in [5, 5.41) is 16.1. The number of carboxylic acid groups (broad SMARTS) is 1. The average molecular weight is 658 g/mol. The second kappa shape index (κ2) is 11.9. The molecule has 0 aliphatic heterocycles. The summed E-state index contributed by atoms with van der Waals surface area (Å²) in [4.78, 5) is 39.2. The molecule has 3 aromatic rings. The predicted molar refractivity (Wildman–Crippen MR) is 166 cm³/mol. The van der Waals surface area contributed by atoms with Crippen LogP contribution in [0.25, 0.3) is 0 Å². The minimum atomic E-state index is -1.36. The Balaban J connectivity index is 1.46. The molecule has 2 atom stereocenters. The summed E-state index contributed by atoms with van der Waals surface area (Å²) >= 11 is 31.4. The van der Waals surface area contributed by atoms with Gasteiger partial charge < -0.3 is 15.7 Å². The first-order valence-electron chi connectivity index (χ1n) is 12.4. The molecule has 4 rings (SSSR count). The minimum Gasteiger partial charge on any atom is -0.465 e. The molecule has 1 fully saturated rings. The number of alkyl halides is 2. The number of carbonyl (C=O) groups is 3. The van der Waals surface area contributed by atoms with Crippen LogP contribution in [-0.2, 0) is 4.79 Å². The van der Waals surface area contributed by atoms with E-state index < -0.39 is 34.1 Å². The highest BCUT2D eigenvalue weighted by Crippen LogP contribution is 2.65. The first-order valence-corrected chi connectivity index (χ1v) is 14.3. The van der Waals surface area contributed by atoms with Crippen molar-refractivity contribution in [2.24, 2.45) is 11.3 Å². The van der Waals surface area contributed by atoms with Gasteiger partial charge in [0, 0.05) is 39.6 Å². The van der Waals surface area contributed by atoms with E-state index in [4.69, 9.17) is 58.0 Å². The maximum atomic E-state index is 13.1. The van der Waals surface area contributed by atoms with Gasteiger partial charge in [-0.05, 0) is 71.6 Å². The molecule has 3 N–H and O–H groups in total. The van der Waals surface area contributed by atoms with Crippen molar-refractivity contribution >= 4 is 93.0 Å². The Kier molecular flexibility index (Phi) is 9.07. The fraction of sp³-hybridized carbons (Fsp3) is 0.276. The highest BCUT2D eigenvalue weighted by atomic mass is 35.5. The molecule has 41 heavy (non-hydrogen) atoms. The highest BCUT2D eigenvalue weighted by molar-refractivity contribution is 6.53. The lowest BCUT2D eigenvalue weighted by Gasteiger charge is -2.27. The van der Waals surface area contributed by atoms with Gasteiger partial charge in [-0.3, -0.25) is 14.5 Å². The monoisotopic (exact) mass is 655 g/mol. The molecule has 0 radical (unpaired) electrons. The molecule has 0 aromatic heterocycles. The Morgan fingerprint density at radius 2 is 1.46 bits per heavy atom. The maximum Gasteiger partial charge on any atom is 0.411 e. The number of anilines is 3. The van der Waals surface area contributed by atoms with Gasteiger partial charge in [-0.1, -0.05) is 55.6 Å². The number of benzene rings is 3. The van der Waals surface area contributed by atoms with E-state index in [-0.39, 0.29) is 16.0 Å². The smallest absolute Gasteiger partial charge is 0.411 e. The number of hydrogen-bond donors (Lipinski definition) is 3. The Bertz CT molecular complexity index is 1490. The van der Waals surface area contributed by atoms with E-state index in [2.05, 4.69) is 10.6 Å². The third-order valence-electron chi connectivity index (χ3n) is 6.36. The van der Waals surface area contributed by atoms with Crippen molar-refractivity contribution in [2.45, 2.75) is 31.0 Å². The number of nitrogens with zero attached hydrogens (tertiary/aromatic N) is 1. The number of amides is 3. The van der Waals surface area contributed by atoms with Gasteiger partial charge in [0.1, 0.15) is 4.33 Å². The van der Waals surface area contributed by atoms with E-state index in [0.717, 1.165) is 0 Å². The van der Waals surface area contributed by atoms with Crippen molar-refractivity contribution in [3.63, 3.8) is 0 Å². The molecule has 1 aliphatic carbocycles. The number of hydrogen-bond acceptors (Lipinski definition) is 3. The number of halogens is 5. The Hall–Kier alpha value is -2.68. The lowest BCUT2D eigenvalue weighted by molar-refractivity contribution is -0.117. The van der Waals surface area contributed by atoms with Gasteiger partial charge in [0.25, 0.3) is 5.91 Å². The lowest BCUT2D eigenvalue weighted by Crippen LogP contribution is -2.36. The van der Waals surface area contributed by atoms with Crippen molar-refractivity contribution in [1.29, 1.82) is 0 Å². The van der Waals surface area contributed by atoms with Crippen LogP contribution < -0.4 is 15.5 Å². The zero-order chi connectivity index (χ0) is 30.3. The molecule has 12 heteroatoms. The Labute approximate surface area is 262 Å². The first-order chi connectivity index (χ1) is 19.1. The largest absolute Gasteiger partial charge is 0.465 e. The summed E-state index contributed by atoms with van der Waals surface area (Å²) in [7, 11) is 0. The highest BCUT2D eigenvalue weighted by Gasteiger charge is 2.67. The van der Waals surface area contributed by atoms with E-state index in [1.807, 2.05) is 20.8 Å². The van der Waals surface area contributed by atoms with Crippen molar-refractivity contribution in [2.75, 3.05) is 22.1 Å². The van der Waals surface area contributed by atoms with Gasteiger partial charge in [-0.15, -0.1) is 23.2 Å². The van der Waals surface area contributed by atoms with Crippen molar-refractivity contribution in [3.05, 3.63) is 86.9 Å². The van der Waals surface area contributed by atoms with E-state index in [9.17, 15) is 19.5 Å². The summed E-state index contributed by atoms with van der Waals surface area (Å²) in [6, 6.07) is 15.8. The molecule has 0 bridgehead atoms. The summed E-state index contributed by atoms with van der Waals surface area (Å²) in [6.45, 7) is 6.12. The first kappa shape index (κ1) is 31.3. The summed E-state index contributed by atoms with van der Waals surface area (Å²) in [6.07, 6.45) is -1.07. The number of nitrogens with one attached hydrogen (secondary N) is 2. The minimum absolute atomic E-state index is 0.116. The van der Waals surface area contributed by atoms with Crippen LogP contribution in [0.3, 0.4) is 0 Å². The van der Waals surface area contributed by atoms with Crippen LogP contribution in [0.1, 0.15) is 42.6 Å². The fourth-order valence-corrected chi connectivity index (χ4v) is 6.06. The van der Waals surface area contributed by atoms with Crippen molar-refractivity contribution in [1.82, 2.24) is 0 Å². The lowest BCUT2D eigenvalue weighted by atomic mass is 9.96. The molecule has 1 saturated carbocycles. The third-order valence-corrected chi connectivity index (χ3v) is 8.07. The third kappa shape index (κ3) is 7.40. The average Bonchev–Trinajstić information content (AvgIpc) is 3.45. The van der Waals surface area contributed by atoms with E-state index in [0.29, 0.717) is 39.2 Å². The van der Waals surface area contributed by atoms with Gasteiger partial charge in [-0.2, -0.15) is 0 Å². The molecule has 1 aliphatic rings. The molecular formula is C29H26Cl5N3O4. The van der Waals surface area contributed by atoms with E-state index >= 15 is 0 Å². The molecule has 0 heterocycles. The van der Waals surface area contributed by atoms with Gasteiger partial charge in [0.15, 0.2) is 0 Å². The van der Waals surface area contributed by atoms with Crippen LogP contribution in [0, 0.1) is 11.3 Å². The molecule has 7 nitrogen and oxygen atoms in total. The second-order valence-electron chi connectivity index (χ2n) is 10.9. The maximum absolute atomic E-state index is 13.1. The molecule has 0 unspecified atom stereocenters. The van der Waals surface area contributed by atoms with Crippen LogP contribution in [0.4, 0.5) is 21.9 Å². The molecule has 3 aromatic carbocycles. The molecule has 0 spiro atoms. The Morgan fingerprint density at radius 3 is 2.02 bits per heavy atom. The van der Waals surface area contributed by atoms with E-state index in [1.54, 1.807) is 48.5 Å². The summed E-state index contributed by atoms with van der Waals surface area (Å²) in [5.41, 5.74) is 1.73. The summed E-state index contributed by atoms with van der Waals surface area (Å²) < 4.78 is -1.36. The molecule has 3 amide bonds. The predicted octanol–water partition coefficient (Wildman–Crippen LogP) is 8.96.